The molecule has 1 aromatic rings. The molecule has 2 rings (SSSR count). The number of hydrogen-bond acceptors (Lipinski definition) is 6. The lowest BCUT2D eigenvalue weighted by atomic mass is 10.2. The number of anilines is 1. The minimum absolute atomic E-state index is 0.0845. The fourth-order valence-electron chi connectivity index (χ4n) is 1.92. The molecule has 2 atom stereocenters. The van der Waals surface area contributed by atoms with Gasteiger partial charge in [0.05, 0.1) is 12.3 Å². The summed E-state index contributed by atoms with van der Waals surface area (Å²) in [7, 11) is -1.94. The van der Waals surface area contributed by atoms with Crippen LogP contribution >= 0.6 is 11.3 Å². The van der Waals surface area contributed by atoms with Gasteiger partial charge in [0.15, 0.2) is 9.34 Å². The van der Waals surface area contributed by atoms with Crippen molar-refractivity contribution in [2.75, 3.05) is 12.4 Å². The number of nitrogens with zero attached hydrogens (tertiary/aromatic N) is 1. The van der Waals surface area contributed by atoms with Crippen molar-refractivity contribution < 1.29 is 13.2 Å². The molecule has 1 aromatic heterocycles. The first-order valence-corrected chi connectivity index (χ1v) is 7.63. The molecule has 0 aromatic carbocycles. The van der Waals surface area contributed by atoms with Gasteiger partial charge in [0.2, 0.25) is 10.0 Å². The molecule has 1 heterocycles. The summed E-state index contributed by atoms with van der Waals surface area (Å²) in [5.74, 6) is 0. The number of thiazole rings is 1. The average molecular weight is 277 g/mol. The van der Waals surface area contributed by atoms with Gasteiger partial charge in [0, 0.05) is 13.2 Å². The molecule has 0 aliphatic heterocycles. The third-order valence-electron chi connectivity index (χ3n) is 2.81. The number of nitrogens with two attached hydrogens (primary N) is 1. The Morgan fingerprint density at radius 2 is 2.35 bits per heavy atom. The molecule has 0 saturated heterocycles. The van der Waals surface area contributed by atoms with Crippen LogP contribution in [0.15, 0.2) is 10.4 Å². The first kappa shape index (κ1) is 12.7. The lowest BCUT2D eigenvalue weighted by Crippen LogP contribution is -2.16. The number of aromatic nitrogens is 1. The van der Waals surface area contributed by atoms with Gasteiger partial charge in [0.1, 0.15) is 0 Å². The van der Waals surface area contributed by atoms with Crippen LogP contribution < -0.4 is 10.5 Å². The number of nitrogens with one attached hydrogen (secondary N) is 1. The molecule has 0 amide bonds. The quantitative estimate of drug-likeness (QED) is 0.847. The van der Waals surface area contributed by atoms with Crippen molar-refractivity contribution in [2.45, 2.75) is 35.6 Å². The van der Waals surface area contributed by atoms with E-state index in [-0.39, 0.29) is 10.3 Å². The summed E-state index contributed by atoms with van der Waals surface area (Å²) in [6.07, 6.45) is 4.50. The van der Waals surface area contributed by atoms with Gasteiger partial charge in [-0.3, -0.25) is 0 Å². The number of rotatable bonds is 4. The number of sulfonamides is 1. The average Bonchev–Trinajstić information content (AvgIpc) is 2.86. The largest absolute Gasteiger partial charge is 0.381 e. The molecule has 0 radical (unpaired) electrons. The molecule has 6 nitrogen and oxygen atoms in total. The SMILES string of the molecule is COC1CCC(Nc2ncc(S(N)(=O)=O)s2)C1. The topological polar surface area (TPSA) is 94.3 Å². The van der Waals surface area contributed by atoms with Crippen LogP contribution in [0.1, 0.15) is 19.3 Å². The van der Waals surface area contributed by atoms with Crippen LogP contribution in [0.3, 0.4) is 0 Å². The number of primary sulfonamides is 1. The standard InChI is InChI=1S/C9H15N3O3S2/c1-15-7-3-2-6(4-7)12-9-11-5-8(16-9)17(10,13)14/h5-7H,2-4H2,1H3,(H,11,12)(H2,10,13,14). The number of methoxy groups -OCH3 is 1. The van der Waals surface area contributed by atoms with Crippen molar-refractivity contribution in [3.63, 3.8) is 0 Å². The molecule has 1 aliphatic carbocycles. The number of hydrogen-bond donors (Lipinski definition) is 2. The van der Waals surface area contributed by atoms with Crippen molar-refractivity contribution in [1.82, 2.24) is 4.98 Å². The highest BCUT2D eigenvalue weighted by Crippen LogP contribution is 2.28. The van der Waals surface area contributed by atoms with Crippen LogP contribution in [-0.2, 0) is 14.8 Å². The monoisotopic (exact) mass is 277 g/mol. The third kappa shape index (κ3) is 3.15. The van der Waals surface area contributed by atoms with Crippen LogP contribution in [0.2, 0.25) is 0 Å². The maximum Gasteiger partial charge on any atom is 0.249 e. The van der Waals surface area contributed by atoms with E-state index in [1.165, 1.54) is 6.20 Å². The Bertz CT molecular complexity index is 485. The molecule has 2 unspecified atom stereocenters. The summed E-state index contributed by atoms with van der Waals surface area (Å²) in [6, 6.07) is 0.291. The molecule has 17 heavy (non-hydrogen) atoms. The predicted octanol–water partition coefficient (Wildman–Crippen LogP) is 0.770. The predicted molar refractivity (Wildman–Crippen MR) is 65.5 cm³/mol. The van der Waals surface area contributed by atoms with E-state index in [1.807, 2.05) is 0 Å². The number of ether oxygens (including phenoxy) is 1. The van der Waals surface area contributed by atoms with Crippen LogP contribution in [-0.4, -0.2) is 32.7 Å². The zero-order valence-electron chi connectivity index (χ0n) is 9.42. The minimum Gasteiger partial charge on any atom is -0.381 e. The lowest BCUT2D eigenvalue weighted by molar-refractivity contribution is 0.108. The van der Waals surface area contributed by atoms with E-state index >= 15 is 0 Å². The highest BCUT2D eigenvalue weighted by Gasteiger charge is 2.25. The summed E-state index contributed by atoms with van der Waals surface area (Å²) in [4.78, 5) is 4.00. The van der Waals surface area contributed by atoms with Crippen LogP contribution in [0.4, 0.5) is 5.13 Å². The van der Waals surface area contributed by atoms with Crippen molar-refractivity contribution in [1.29, 1.82) is 0 Å². The smallest absolute Gasteiger partial charge is 0.249 e. The first-order chi connectivity index (χ1) is 7.99. The van der Waals surface area contributed by atoms with Crippen molar-refractivity contribution in [3.05, 3.63) is 6.20 Å². The van der Waals surface area contributed by atoms with E-state index in [1.54, 1.807) is 7.11 Å². The van der Waals surface area contributed by atoms with E-state index < -0.39 is 10.0 Å². The Balaban J connectivity index is 1.98. The van der Waals surface area contributed by atoms with Gasteiger partial charge >= 0.3 is 0 Å². The van der Waals surface area contributed by atoms with Crippen molar-refractivity contribution in [3.8, 4) is 0 Å². The first-order valence-electron chi connectivity index (χ1n) is 5.27. The van der Waals surface area contributed by atoms with E-state index in [4.69, 9.17) is 9.88 Å². The van der Waals surface area contributed by atoms with Gasteiger partial charge in [-0.05, 0) is 19.3 Å². The maximum absolute atomic E-state index is 11.1. The normalized spacial score (nSPS) is 25.1. The van der Waals surface area contributed by atoms with Crippen LogP contribution in [0.25, 0.3) is 0 Å². The molecule has 1 aliphatic rings. The summed E-state index contributed by atoms with van der Waals surface area (Å²) < 4.78 is 27.5. The highest BCUT2D eigenvalue weighted by molar-refractivity contribution is 7.91. The summed E-state index contributed by atoms with van der Waals surface area (Å²) in [5, 5.41) is 8.82. The molecule has 0 bridgehead atoms. The van der Waals surface area contributed by atoms with Gasteiger partial charge < -0.3 is 10.1 Å². The maximum atomic E-state index is 11.1. The zero-order chi connectivity index (χ0) is 12.5. The van der Waals surface area contributed by atoms with E-state index in [0.29, 0.717) is 11.2 Å². The van der Waals surface area contributed by atoms with Gasteiger partial charge in [-0.15, -0.1) is 0 Å². The third-order valence-corrected chi connectivity index (χ3v) is 5.15. The zero-order valence-corrected chi connectivity index (χ0v) is 11.1. The molecule has 0 spiro atoms. The Hall–Kier alpha value is -0.700. The second kappa shape index (κ2) is 4.89. The summed E-state index contributed by atoms with van der Waals surface area (Å²) in [6.45, 7) is 0. The minimum atomic E-state index is -3.64. The summed E-state index contributed by atoms with van der Waals surface area (Å²) in [5.41, 5.74) is 0. The Labute approximate surface area is 104 Å². The molecule has 8 heteroatoms. The molecule has 1 fully saturated rings. The molecular weight excluding hydrogens is 262 g/mol. The lowest BCUT2D eigenvalue weighted by Gasteiger charge is -2.11. The molecule has 3 N–H and O–H groups in total. The molecule has 1 saturated carbocycles. The van der Waals surface area contributed by atoms with Gasteiger partial charge in [0.25, 0.3) is 0 Å². The van der Waals surface area contributed by atoms with Gasteiger partial charge in [-0.2, -0.15) is 0 Å². The summed E-state index contributed by atoms with van der Waals surface area (Å²) >= 11 is 1.06. The van der Waals surface area contributed by atoms with Crippen LogP contribution in [0, 0.1) is 0 Å². The van der Waals surface area contributed by atoms with Gasteiger partial charge in [-0.1, -0.05) is 11.3 Å². The Morgan fingerprint density at radius 3 is 2.88 bits per heavy atom. The fourth-order valence-corrected chi connectivity index (χ4v) is 3.45. The second-order valence-electron chi connectivity index (χ2n) is 4.04. The molecular formula is C9H15N3O3S2. The van der Waals surface area contributed by atoms with E-state index in [9.17, 15) is 8.42 Å². The van der Waals surface area contributed by atoms with Crippen molar-refractivity contribution >= 4 is 26.5 Å². The van der Waals surface area contributed by atoms with Crippen LogP contribution in [0.5, 0.6) is 0 Å². The highest BCUT2D eigenvalue weighted by atomic mass is 32.2. The fraction of sp³-hybridized carbons (Fsp3) is 0.667. The molecule has 96 valence electrons. The van der Waals surface area contributed by atoms with E-state index in [2.05, 4.69) is 10.3 Å². The van der Waals surface area contributed by atoms with Crippen molar-refractivity contribution in [2.24, 2.45) is 5.14 Å². The second-order valence-corrected chi connectivity index (χ2v) is 6.86. The van der Waals surface area contributed by atoms with E-state index in [0.717, 1.165) is 30.6 Å². The Kier molecular flexibility index (Phi) is 3.67. The Morgan fingerprint density at radius 1 is 1.59 bits per heavy atom. The van der Waals surface area contributed by atoms with Gasteiger partial charge in [-0.25, -0.2) is 18.5 Å².